The molecule has 0 atom stereocenters. The molecule has 0 unspecified atom stereocenters. The molecule has 0 aliphatic carbocycles. The van der Waals surface area contributed by atoms with Gasteiger partial charge in [-0.3, -0.25) is 0 Å². The summed E-state index contributed by atoms with van der Waals surface area (Å²) in [6.45, 7) is 2.45. The van der Waals surface area contributed by atoms with Crippen LogP contribution in [0.5, 0.6) is 5.75 Å². The van der Waals surface area contributed by atoms with Crippen LogP contribution in [-0.4, -0.2) is 12.8 Å². The number of carbonyl (C=O) groups is 1. The first-order valence-electron chi connectivity index (χ1n) is 4.82. The van der Waals surface area contributed by atoms with Crippen LogP contribution in [0.2, 0.25) is 0 Å². The quantitative estimate of drug-likeness (QED) is 0.368. The molecule has 82 valence electrons. The molecule has 0 radical (unpaired) electrons. The minimum atomic E-state index is -0.634. The van der Waals surface area contributed by atoms with Crippen molar-refractivity contribution in [3.05, 3.63) is 27.8 Å². The molecule has 0 saturated carbocycles. The van der Waals surface area contributed by atoms with Crippen molar-refractivity contribution in [2.75, 3.05) is 6.61 Å². The van der Waals surface area contributed by atoms with Crippen LogP contribution in [0.3, 0.4) is 0 Å². The van der Waals surface area contributed by atoms with Crippen molar-refractivity contribution >= 4 is 28.7 Å². The molecule has 0 bridgehead atoms. The highest BCUT2D eigenvalue weighted by molar-refractivity contribution is 14.1. The second-order valence-corrected chi connectivity index (χ2v) is 4.26. The zero-order valence-corrected chi connectivity index (χ0v) is 10.7. The predicted molar refractivity (Wildman–Crippen MR) is 66.0 cm³/mol. The number of unbranched alkanes of at least 4 members (excludes halogenated alkanes) is 1. The first-order valence-corrected chi connectivity index (χ1v) is 5.90. The summed E-state index contributed by atoms with van der Waals surface area (Å²) < 4.78 is 10.9. The van der Waals surface area contributed by atoms with Crippen molar-refractivity contribution in [3.63, 3.8) is 0 Å². The van der Waals surface area contributed by atoms with E-state index in [-0.39, 0.29) is 0 Å². The fourth-order valence-corrected chi connectivity index (χ4v) is 1.47. The van der Waals surface area contributed by atoms with E-state index >= 15 is 0 Å². The molecule has 1 aromatic carbocycles. The van der Waals surface area contributed by atoms with Gasteiger partial charge in [-0.1, -0.05) is 19.4 Å². The van der Waals surface area contributed by atoms with Crippen LogP contribution >= 0.6 is 22.6 Å². The van der Waals surface area contributed by atoms with Crippen LogP contribution in [0.4, 0.5) is 4.79 Å². The van der Waals surface area contributed by atoms with E-state index < -0.39 is 6.16 Å². The summed E-state index contributed by atoms with van der Waals surface area (Å²) in [5, 5.41) is 0. The summed E-state index contributed by atoms with van der Waals surface area (Å²) in [4.78, 5) is 11.2. The molecule has 0 N–H and O–H groups in total. The van der Waals surface area contributed by atoms with Crippen LogP contribution in [0.15, 0.2) is 24.3 Å². The van der Waals surface area contributed by atoms with Gasteiger partial charge in [0.25, 0.3) is 0 Å². The lowest BCUT2D eigenvalue weighted by molar-refractivity contribution is 0.0978. The maximum absolute atomic E-state index is 11.2. The van der Waals surface area contributed by atoms with E-state index in [4.69, 9.17) is 9.47 Å². The Morgan fingerprint density at radius 2 is 2.27 bits per heavy atom. The molecule has 15 heavy (non-hydrogen) atoms. The van der Waals surface area contributed by atoms with E-state index in [0.717, 1.165) is 16.4 Å². The number of hydrogen-bond donors (Lipinski definition) is 0. The third-order valence-electron chi connectivity index (χ3n) is 1.72. The average molecular weight is 320 g/mol. The van der Waals surface area contributed by atoms with E-state index in [1.807, 2.05) is 19.1 Å². The Bertz CT molecular complexity index is 325. The van der Waals surface area contributed by atoms with Crippen molar-refractivity contribution in [1.82, 2.24) is 0 Å². The highest BCUT2D eigenvalue weighted by Gasteiger charge is 2.05. The van der Waals surface area contributed by atoms with Gasteiger partial charge >= 0.3 is 6.16 Å². The largest absolute Gasteiger partial charge is 0.513 e. The minimum absolute atomic E-state index is 0.416. The first-order chi connectivity index (χ1) is 7.22. The maximum atomic E-state index is 11.2. The summed E-state index contributed by atoms with van der Waals surface area (Å²) in [5.74, 6) is 0.517. The Balaban J connectivity index is 2.37. The Kier molecular flexibility index (Phi) is 5.45. The predicted octanol–water partition coefficient (Wildman–Crippen LogP) is 3.61. The fraction of sp³-hybridized carbons (Fsp3) is 0.364. The molecule has 3 nitrogen and oxygen atoms in total. The maximum Gasteiger partial charge on any atom is 0.513 e. The van der Waals surface area contributed by atoms with E-state index in [9.17, 15) is 4.79 Å². The molecule has 0 aliphatic heterocycles. The first kappa shape index (κ1) is 12.3. The SMILES string of the molecule is CCCCOC(=O)Oc1cccc(I)c1. The number of hydrogen-bond acceptors (Lipinski definition) is 3. The van der Waals surface area contributed by atoms with E-state index in [1.54, 1.807) is 12.1 Å². The van der Waals surface area contributed by atoms with Crippen LogP contribution in [0, 0.1) is 3.57 Å². The Morgan fingerprint density at radius 3 is 2.93 bits per heavy atom. The molecular formula is C11H13IO3. The van der Waals surface area contributed by atoms with Gasteiger partial charge < -0.3 is 9.47 Å². The van der Waals surface area contributed by atoms with Crippen molar-refractivity contribution < 1.29 is 14.3 Å². The summed E-state index contributed by atoms with van der Waals surface area (Å²) in [6.07, 6.45) is 1.23. The lowest BCUT2D eigenvalue weighted by Gasteiger charge is -2.05. The highest BCUT2D eigenvalue weighted by atomic mass is 127. The third-order valence-corrected chi connectivity index (χ3v) is 2.39. The summed E-state index contributed by atoms with van der Waals surface area (Å²) in [5.41, 5.74) is 0. The van der Waals surface area contributed by atoms with Gasteiger partial charge in [0.1, 0.15) is 5.75 Å². The van der Waals surface area contributed by atoms with Gasteiger partial charge in [0.05, 0.1) is 6.61 Å². The molecule has 0 fully saturated rings. The Hall–Kier alpha value is -0.780. The average Bonchev–Trinajstić information content (AvgIpc) is 2.18. The molecular weight excluding hydrogens is 307 g/mol. The second-order valence-electron chi connectivity index (χ2n) is 3.01. The van der Waals surface area contributed by atoms with Gasteiger partial charge in [-0.2, -0.15) is 0 Å². The van der Waals surface area contributed by atoms with Crippen LogP contribution in [0.25, 0.3) is 0 Å². The minimum Gasteiger partial charge on any atom is -0.434 e. The van der Waals surface area contributed by atoms with Crippen molar-refractivity contribution in [2.45, 2.75) is 19.8 Å². The van der Waals surface area contributed by atoms with E-state index in [1.165, 1.54) is 0 Å². The normalized spacial score (nSPS) is 9.73. The van der Waals surface area contributed by atoms with E-state index in [0.29, 0.717) is 12.4 Å². The zero-order valence-electron chi connectivity index (χ0n) is 8.53. The van der Waals surface area contributed by atoms with Crippen LogP contribution < -0.4 is 4.74 Å². The smallest absolute Gasteiger partial charge is 0.434 e. The second kappa shape index (κ2) is 6.66. The molecule has 4 heteroatoms. The molecule has 0 aromatic heterocycles. The highest BCUT2D eigenvalue weighted by Crippen LogP contribution is 2.15. The van der Waals surface area contributed by atoms with Crippen LogP contribution in [0.1, 0.15) is 19.8 Å². The zero-order chi connectivity index (χ0) is 11.1. The number of rotatable bonds is 4. The van der Waals surface area contributed by atoms with Gasteiger partial charge in [-0.15, -0.1) is 0 Å². The lowest BCUT2D eigenvalue weighted by atomic mass is 10.3. The molecule has 0 amide bonds. The van der Waals surface area contributed by atoms with E-state index in [2.05, 4.69) is 22.6 Å². The molecule has 0 heterocycles. The van der Waals surface area contributed by atoms with Gasteiger partial charge in [-0.25, -0.2) is 4.79 Å². The number of halogens is 1. The topological polar surface area (TPSA) is 35.5 Å². The molecule has 0 saturated heterocycles. The standard InChI is InChI=1S/C11H13IO3/c1-2-3-7-14-11(13)15-10-6-4-5-9(12)8-10/h4-6,8H,2-3,7H2,1H3. The Labute approximate surface area is 103 Å². The molecule has 0 aliphatic rings. The Morgan fingerprint density at radius 1 is 1.47 bits per heavy atom. The van der Waals surface area contributed by atoms with Gasteiger partial charge in [0.2, 0.25) is 0 Å². The summed E-state index contributed by atoms with van der Waals surface area (Å²) in [7, 11) is 0. The number of benzene rings is 1. The fourth-order valence-electron chi connectivity index (χ4n) is 0.956. The summed E-state index contributed by atoms with van der Waals surface area (Å²) in [6, 6.07) is 7.26. The monoisotopic (exact) mass is 320 g/mol. The van der Waals surface area contributed by atoms with Gasteiger partial charge in [0.15, 0.2) is 0 Å². The molecule has 1 rings (SSSR count). The van der Waals surface area contributed by atoms with Crippen molar-refractivity contribution in [3.8, 4) is 5.75 Å². The van der Waals surface area contributed by atoms with Crippen molar-refractivity contribution in [2.24, 2.45) is 0 Å². The van der Waals surface area contributed by atoms with Crippen LogP contribution in [-0.2, 0) is 4.74 Å². The molecule has 0 spiro atoms. The number of ether oxygens (including phenoxy) is 2. The molecule has 1 aromatic rings. The third kappa shape index (κ3) is 5.01. The van der Waals surface area contributed by atoms with Gasteiger partial charge in [-0.05, 0) is 47.2 Å². The van der Waals surface area contributed by atoms with Crippen molar-refractivity contribution in [1.29, 1.82) is 0 Å². The lowest BCUT2D eigenvalue weighted by Crippen LogP contribution is -2.11. The van der Waals surface area contributed by atoms with Gasteiger partial charge in [0, 0.05) is 3.57 Å². The summed E-state index contributed by atoms with van der Waals surface area (Å²) >= 11 is 2.15. The number of carbonyl (C=O) groups excluding carboxylic acids is 1.